The zero-order valence-electron chi connectivity index (χ0n) is 11.8. The number of amides is 2. The molecule has 0 heterocycles. The Kier molecular flexibility index (Phi) is 5.83. The number of hydrogen-bond acceptors (Lipinski definition) is 3. The van der Waals surface area contributed by atoms with Crippen molar-refractivity contribution in [1.29, 1.82) is 0 Å². The van der Waals surface area contributed by atoms with Gasteiger partial charge in [-0.05, 0) is 32.4 Å². The van der Waals surface area contributed by atoms with E-state index in [2.05, 4.69) is 10.6 Å². The lowest BCUT2D eigenvalue weighted by Gasteiger charge is -2.14. The highest BCUT2D eigenvalue weighted by atomic mass is 16.5. The Hall–Kier alpha value is -2.24. The lowest BCUT2D eigenvalue weighted by molar-refractivity contribution is -0.138. The molecule has 0 radical (unpaired) electrons. The van der Waals surface area contributed by atoms with Gasteiger partial charge >= 0.3 is 12.0 Å². The van der Waals surface area contributed by atoms with Crippen LogP contribution >= 0.6 is 0 Å². The quantitative estimate of drug-likeness (QED) is 0.747. The van der Waals surface area contributed by atoms with Crippen molar-refractivity contribution in [3.8, 4) is 5.75 Å². The molecule has 2 amide bonds. The largest absolute Gasteiger partial charge is 0.491 e. The molecular formula is C14H20N2O4. The van der Waals surface area contributed by atoms with Crippen molar-refractivity contribution < 1.29 is 19.4 Å². The van der Waals surface area contributed by atoms with Gasteiger partial charge in [0.05, 0.1) is 6.10 Å². The Morgan fingerprint density at radius 2 is 2.05 bits per heavy atom. The number of aliphatic carboxylic acids is 1. The fourth-order valence-corrected chi connectivity index (χ4v) is 1.39. The van der Waals surface area contributed by atoms with Gasteiger partial charge in [-0.25, -0.2) is 4.79 Å². The maximum absolute atomic E-state index is 11.6. The first-order chi connectivity index (χ1) is 9.42. The van der Waals surface area contributed by atoms with Gasteiger partial charge in [-0.3, -0.25) is 4.79 Å². The van der Waals surface area contributed by atoms with Gasteiger partial charge in [0, 0.05) is 11.8 Å². The van der Waals surface area contributed by atoms with Crippen LogP contribution in [0, 0.1) is 0 Å². The minimum absolute atomic E-state index is 0.0890. The first-order valence-electron chi connectivity index (χ1n) is 6.49. The molecule has 1 unspecified atom stereocenters. The number of carboxylic acids is 1. The van der Waals surface area contributed by atoms with Crippen LogP contribution in [0.1, 0.15) is 27.2 Å². The van der Waals surface area contributed by atoms with Gasteiger partial charge in [-0.2, -0.15) is 0 Å². The van der Waals surface area contributed by atoms with Gasteiger partial charge in [0.15, 0.2) is 0 Å². The second kappa shape index (κ2) is 7.37. The van der Waals surface area contributed by atoms with Crippen LogP contribution in [0.4, 0.5) is 10.5 Å². The lowest BCUT2D eigenvalue weighted by atomic mass is 10.2. The molecule has 1 aromatic carbocycles. The molecule has 0 aliphatic rings. The van der Waals surface area contributed by atoms with Crippen molar-refractivity contribution in [2.75, 3.05) is 5.32 Å². The molecule has 0 aliphatic heterocycles. The second-order valence-electron chi connectivity index (χ2n) is 4.52. The fraction of sp³-hybridized carbons (Fsp3) is 0.429. The molecule has 1 aromatic rings. The van der Waals surface area contributed by atoms with E-state index < -0.39 is 18.0 Å². The van der Waals surface area contributed by atoms with Crippen molar-refractivity contribution in [3.05, 3.63) is 24.3 Å². The predicted molar refractivity (Wildman–Crippen MR) is 76.1 cm³/mol. The summed E-state index contributed by atoms with van der Waals surface area (Å²) in [6.07, 6.45) is 0.972. The Morgan fingerprint density at radius 1 is 1.35 bits per heavy atom. The van der Waals surface area contributed by atoms with Crippen LogP contribution < -0.4 is 15.4 Å². The molecule has 0 aliphatic carbocycles. The minimum Gasteiger partial charge on any atom is -0.491 e. The van der Waals surface area contributed by atoms with Crippen LogP contribution in [0.25, 0.3) is 0 Å². The van der Waals surface area contributed by atoms with E-state index in [-0.39, 0.29) is 6.10 Å². The molecule has 20 heavy (non-hydrogen) atoms. The number of nitrogens with one attached hydrogen (secondary N) is 2. The summed E-state index contributed by atoms with van der Waals surface area (Å²) in [5.41, 5.74) is 0.542. The van der Waals surface area contributed by atoms with E-state index in [1.165, 1.54) is 6.92 Å². The molecule has 0 saturated carbocycles. The van der Waals surface area contributed by atoms with Crippen molar-refractivity contribution in [2.45, 2.75) is 39.3 Å². The number of carboxylic acid groups (broad SMARTS) is 1. The lowest BCUT2D eigenvalue weighted by Crippen LogP contribution is -2.40. The van der Waals surface area contributed by atoms with Crippen molar-refractivity contribution in [1.82, 2.24) is 5.32 Å². The zero-order chi connectivity index (χ0) is 15.1. The van der Waals surface area contributed by atoms with Gasteiger partial charge in [-0.15, -0.1) is 0 Å². The Balaban J connectivity index is 2.61. The predicted octanol–water partition coefficient (Wildman–Crippen LogP) is 2.46. The standard InChI is InChI=1S/C14H20N2O4/c1-4-9(2)20-12-7-5-6-11(8-12)16-14(19)15-10(3)13(17)18/h5-10H,4H2,1-3H3,(H,17,18)(H2,15,16,19)/t9?,10-/m1/s1. The van der Waals surface area contributed by atoms with Crippen LogP contribution in [0.15, 0.2) is 24.3 Å². The van der Waals surface area contributed by atoms with E-state index >= 15 is 0 Å². The summed E-state index contributed by atoms with van der Waals surface area (Å²) in [5.74, 6) is -0.433. The van der Waals surface area contributed by atoms with E-state index in [1.807, 2.05) is 13.8 Å². The van der Waals surface area contributed by atoms with Crippen LogP contribution in [0.5, 0.6) is 5.75 Å². The summed E-state index contributed by atoms with van der Waals surface area (Å²) in [5, 5.41) is 13.6. The third kappa shape index (κ3) is 5.17. The van der Waals surface area contributed by atoms with E-state index in [4.69, 9.17) is 9.84 Å². The fourth-order valence-electron chi connectivity index (χ4n) is 1.39. The second-order valence-corrected chi connectivity index (χ2v) is 4.52. The van der Waals surface area contributed by atoms with E-state index in [1.54, 1.807) is 24.3 Å². The molecule has 1 rings (SSSR count). The maximum Gasteiger partial charge on any atom is 0.325 e. The smallest absolute Gasteiger partial charge is 0.325 e. The number of benzene rings is 1. The number of urea groups is 1. The highest BCUT2D eigenvalue weighted by Gasteiger charge is 2.13. The molecule has 3 N–H and O–H groups in total. The molecule has 0 bridgehead atoms. The topological polar surface area (TPSA) is 87.7 Å². The molecule has 0 saturated heterocycles. The summed E-state index contributed by atoms with van der Waals surface area (Å²) >= 11 is 0. The Labute approximate surface area is 118 Å². The monoisotopic (exact) mass is 280 g/mol. The molecule has 0 aromatic heterocycles. The zero-order valence-corrected chi connectivity index (χ0v) is 11.8. The summed E-state index contributed by atoms with van der Waals surface area (Å²) in [7, 11) is 0. The van der Waals surface area contributed by atoms with Crippen molar-refractivity contribution >= 4 is 17.7 Å². The number of rotatable bonds is 6. The van der Waals surface area contributed by atoms with Gasteiger partial charge in [0.25, 0.3) is 0 Å². The number of hydrogen-bond donors (Lipinski definition) is 3. The first kappa shape index (κ1) is 15.8. The van der Waals surface area contributed by atoms with Crippen molar-refractivity contribution in [2.24, 2.45) is 0 Å². The Bertz CT molecular complexity index is 476. The molecule has 2 atom stereocenters. The molecular weight excluding hydrogens is 260 g/mol. The number of ether oxygens (including phenoxy) is 1. The molecule has 0 fully saturated rings. The molecule has 110 valence electrons. The van der Waals surface area contributed by atoms with E-state index in [9.17, 15) is 9.59 Å². The van der Waals surface area contributed by atoms with Crippen LogP contribution in [-0.2, 0) is 4.79 Å². The van der Waals surface area contributed by atoms with Crippen molar-refractivity contribution in [3.63, 3.8) is 0 Å². The summed E-state index contributed by atoms with van der Waals surface area (Å²) in [6, 6.07) is 5.43. The summed E-state index contributed by atoms with van der Waals surface area (Å²) in [4.78, 5) is 22.2. The van der Waals surface area contributed by atoms with Crippen LogP contribution in [0.3, 0.4) is 0 Å². The maximum atomic E-state index is 11.6. The van der Waals surface area contributed by atoms with Crippen LogP contribution in [0.2, 0.25) is 0 Å². The number of carbonyl (C=O) groups is 2. The van der Waals surface area contributed by atoms with Gasteiger partial charge in [0.1, 0.15) is 11.8 Å². The first-order valence-corrected chi connectivity index (χ1v) is 6.49. The average Bonchev–Trinajstić information content (AvgIpc) is 2.38. The average molecular weight is 280 g/mol. The Morgan fingerprint density at radius 3 is 2.65 bits per heavy atom. The highest BCUT2D eigenvalue weighted by Crippen LogP contribution is 2.19. The highest BCUT2D eigenvalue weighted by molar-refractivity contribution is 5.92. The molecule has 0 spiro atoms. The van der Waals surface area contributed by atoms with E-state index in [0.717, 1.165) is 6.42 Å². The normalized spacial score (nSPS) is 13.2. The summed E-state index contributed by atoms with van der Waals surface area (Å²) in [6.45, 7) is 5.37. The third-order valence-electron chi connectivity index (χ3n) is 2.72. The summed E-state index contributed by atoms with van der Waals surface area (Å²) < 4.78 is 5.64. The SMILES string of the molecule is CCC(C)Oc1cccc(NC(=O)N[C@H](C)C(=O)O)c1. The molecule has 6 heteroatoms. The molecule has 6 nitrogen and oxygen atoms in total. The van der Waals surface area contributed by atoms with E-state index in [0.29, 0.717) is 11.4 Å². The van der Waals surface area contributed by atoms with Gasteiger partial charge in [-0.1, -0.05) is 13.0 Å². The van der Waals surface area contributed by atoms with Gasteiger partial charge in [0.2, 0.25) is 0 Å². The third-order valence-corrected chi connectivity index (χ3v) is 2.72. The van der Waals surface area contributed by atoms with Gasteiger partial charge < -0.3 is 20.5 Å². The van der Waals surface area contributed by atoms with Crippen LogP contribution in [-0.4, -0.2) is 29.3 Å². The number of carbonyl (C=O) groups excluding carboxylic acids is 1. The minimum atomic E-state index is -1.09. The number of anilines is 1.